The van der Waals surface area contributed by atoms with E-state index in [2.05, 4.69) is 10.3 Å². The first-order valence-electron chi connectivity index (χ1n) is 7.62. The number of rotatable bonds is 3. The molecule has 4 aromatic rings. The number of methoxy groups -OCH3 is 1. The van der Waals surface area contributed by atoms with Gasteiger partial charge < -0.3 is 10.1 Å². The number of nitrogens with zero attached hydrogens (tertiary/aromatic N) is 2. The van der Waals surface area contributed by atoms with Crippen LogP contribution in [-0.2, 0) is 0 Å². The number of nitrogens with one attached hydrogen (secondary N) is 1. The lowest BCUT2D eigenvalue weighted by atomic mass is 10.2. The molecule has 2 aromatic heterocycles. The predicted molar refractivity (Wildman–Crippen MR) is 103 cm³/mol. The van der Waals surface area contributed by atoms with Gasteiger partial charge in [-0.3, -0.25) is 14.0 Å². The van der Waals surface area contributed by atoms with Crippen LogP contribution < -0.4 is 15.6 Å². The number of hydrogen-bond donors (Lipinski definition) is 1. The number of amides is 1. The lowest BCUT2D eigenvalue weighted by Gasteiger charge is -2.05. The molecule has 1 amide bonds. The van der Waals surface area contributed by atoms with Gasteiger partial charge in [0.25, 0.3) is 11.5 Å². The summed E-state index contributed by atoms with van der Waals surface area (Å²) in [4.78, 5) is 30.2. The molecule has 0 unspecified atom stereocenters. The van der Waals surface area contributed by atoms with E-state index < -0.39 is 11.5 Å². The Morgan fingerprint density at radius 1 is 1.23 bits per heavy atom. The van der Waals surface area contributed by atoms with Crippen LogP contribution in [0, 0.1) is 0 Å². The second kappa shape index (κ2) is 6.44. The summed E-state index contributed by atoms with van der Waals surface area (Å²) in [6, 6.07) is 12.0. The lowest BCUT2D eigenvalue weighted by molar-refractivity contribution is 0.102. The van der Waals surface area contributed by atoms with Gasteiger partial charge in [0.2, 0.25) is 0 Å². The van der Waals surface area contributed by atoms with Crippen LogP contribution in [0.1, 0.15) is 10.4 Å². The molecule has 0 aliphatic carbocycles. The van der Waals surface area contributed by atoms with Crippen molar-refractivity contribution in [2.24, 2.45) is 0 Å². The summed E-state index contributed by atoms with van der Waals surface area (Å²) < 4.78 is 7.50. The van der Waals surface area contributed by atoms with E-state index in [-0.39, 0.29) is 5.56 Å². The molecule has 4 rings (SSSR count). The van der Waals surface area contributed by atoms with Gasteiger partial charge in [-0.15, -0.1) is 0 Å². The van der Waals surface area contributed by atoms with Crippen molar-refractivity contribution in [3.63, 3.8) is 0 Å². The van der Waals surface area contributed by atoms with Crippen LogP contribution in [0.2, 0.25) is 5.02 Å². The number of fused-ring (bicyclic) bond motifs is 3. The molecular formula is C18H12ClN3O3S. The summed E-state index contributed by atoms with van der Waals surface area (Å²) in [6.07, 6.45) is 1.30. The van der Waals surface area contributed by atoms with Gasteiger partial charge in [-0.05, 0) is 42.5 Å². The van der Waals surface area contributed by atoms with Gasteiger partial charge in [-0.1, -0.05) is 22.9 Å². The molecule has 26 heavy (non-hydrogen) atoms. The van der Waals surface area contributed by atoms with Crippen molar-refractivity contribution in [1.82, 2.24) is 9.38 Å². The van der Waals surface area contributed by atoms with Gasteiger partial charge in [0.15, 0.2) is 4.96 Å². The monoisotopic (exact) mass is 385 g/mol. The highest BCUT2D eigenvalue weighted by atomic mass is 35.5. The number of anilines is 1. The molecule has 2 aromatic carbocycles. The first kappa shape index (κ1) is 16.6. The number of hydrogen-bond acceptors (Lipinski definition) is 5. The van der Waals surface area contributed by atoms with Crippen LogP contribution >= 0.6 is 22.9 Å². The number of ether oxygens (including phenoxy) is 1. The van der Waals surface area contributed by atoms with Crippen molar-refractivity contribution in [3.8, 4) is 5.75 Å². The van der Waals surface area contributed by atoms with Crippen LogP contribution in [0.4, 0.5) is 5.69 Å². The maximum atomic E-state index is 12.9. The van der Waals surface area contributed by atoms with E-state index in [9.17, 15) is 9.59 Å². The minimum atomic E-state index is -0.521. The highest BCUT2D eigenvalue weighted by Gasteiger charge is 2.17. The maximum absolute atomic E-state index is 12.9. The van der Waals surface area contributed by atoms with E-state index >= 15 is 0 Å². The molecule has 1 N–H and O–H groups in total. The van der Waals surface area contributed by atoms with E-state index in [4.69, 9.17) is 16.3 Å². The highest BCUT2D eigenvalue weighted by molar-refractivity contribution is 7.23. The quantitative estimate of drug-likeness (QED) is 0.581. The minimum Gasteiger partial charge on any atom is -0.497 e. The summed E-state index contributed by atoms with van der Waals surface area (Å²) in [5.41, 5.74) is 0.777. The zero-order chi connectivity index (χ0) is 18.3. The first-order chi connectivity index (χ1) is 12.6. The van der Waals surface area contributed by atoms with Crippen molar-refractivity contribution in [2.75, 3.05) is 12.4 Å². The maximum Gasteiger partial charge on any atom is 0.271 e. The Bertz CT molecular complexity index is 1200. The largest absolute Gasteiger partial charge is 0.497 e. The van der Waals surface area contributed by atoms with Crippen LogP contribution in [-0.4, -0.2) is 22.4 Å². The molecule has 0 saturated carbocycles. The average molecular weight is 386 g/mol. The number of carbonyl (C=O) groups excluding carboxylic acids is 1. The Hall–Kier alpha value is -2.90. The summed E-state index contributed by atoms with van der Waals surface area (Å²) in [5, 5.41) is 3.24. The van der Waals surface area contributed by atoms with Crippen molar-refractivity contribution in [2.45, 2.75) is 0 Å². The van der Waals surface area contributed by atoms with Gasteiger partial charge >= 0.3 is 0 Å². The van der Waals surface area contributed by atoms with Crippen LogP contribution in [0.15, 0.2) is 53.5 Å². The molecule has 0 spiro atoms. The number of benzene rings is 2. The summed E-state index contributed by atoms with van der Waals surface area (Å²) in [6.45, 7) is 0. The molecule has 0 radical (unpaired) electrons. The standard InChI is InChI=1S/C18H12ClN3O3S/c1-25-12-6-7-14-15(8-12)26-18-20-9-13(17(24)22(14)18)16(23)21-11-4-2-10(19)3-5-11/h2-9H,1H3,(H,21,23). The van der Waals surface area contributed by atoms with Crippen molar-refractivity contribution < 1.29 is 9.53 Å². The van der Waals surface area contributed by atoms with E-state index in [1.807, 2.05) is 6.07 Å². The fourth-order valence-corrected chi connectivity index (χ4v) is 3.74. The second-order valence-corrected chi connectivity index (χ2v) is 6.94. The SMILES string of the molecule is COc1ccc2c(c1)sc1ncc(C(=O)Nc3ccc(Cl)cc3)c(=O)n12. The smallest absolute Gasteiger partial charge is 0.271 e. The number of thiazole rings is 1. The zero-order valence-electron chi connectivity index (χ0n) is 13.5. The molecule has 8 heteroatoms. The Kier molecular flexibility index (Phi) is 4.10. The Morgan fingerprint density at radius 2 is 2.00 bits per heavy atom. The van der Waals surface area contributed by atoms with Crippen molar-refractivity contribution in [1.29, 1.82) is 0 Å². The van der Waals surface area contributed by atoms with Crippen molar-refractivity contribution >= 4 is 49.7 Å². The molecule has 0 saturated heterocycles. The molecule has 0 bridgehead atoms. The fourth-order valence-electron chi connectivity index (χ4n) is 2.60. The van der Waals surface area contributed by atoms with Gasteiger partial charge in [-0.2, -0.15) is 0 Å². The molecule has 0 aliphatic heterocycles. The first-order valence-corrected chi connectivity index (χ1v) is 8.81. The molecule has 0 aliphatic rings. The summed E-state index contributed by atoms with van der Waals surface area (Å²) in [5.74, 6) is 0.171. The van der Waals surface area contributed by atoms with Gasteiger partial charge in [0.05, 0.1) is 17.3 Å². The fraction of sp³-hybridized carbons (Fsp3) is 0.0556. The van der Waals surface area contributed by atoms with E-state index in [1.165, 1.54) is 21.9 Å². The topological polar surface area (TPSA) is 72.7 Å². The Morgan fingerprint density at radius 3 is 2.73 bits per heavy atom. The molecule has 0 fully saturated rings. The number of carbonyl (C=O) groups is 1. The van der Waals surface area contributed by atoms with Crippen LogP contribution in [0.3, 0.4) is 0 Å². The van der Waals surface area contributed by atoms with E-state index in [1.54, 1.807) is 43.5 Å². The van der Waals surface area contributed by atoms with Crippen molar-refractivity contribution in [3.05, 3.63) is 69.6 Å². The number of aromatic nitrogens is 2. The van der Waals surface area contributed by atoms with Gasteiger partial charge in [0.1, 0.15) is 11.3 Å². The predicted octanol–water partition coefficient (Wildman–Crippen LogP) is 3.82. The van der Waals surface area contributed by atoms with E-state index in [0.29, 0.717) is 26.9 Å². The van der Waals surface area contributed by atoms with E-state index in [0.717, 1.165) is 4.70 Å². The van der Waals surface area contributed by atoms with Crippen LogP contribution in [0.5, 0.6) is 5.75 Å². The molecule has 0 atom stereocenters. The molecular weight excluding hydrogens is 374 g/mol. The summed E-state index contributed by atoms with van der Waals surface area (Å²) >= 11 is 7.19. The minimum absolute atomic E-state index is 0.0343. The zero-order valence-corrected chi connectivity index (χ0v) is 15.1. The summed E-state index contributed by atoms with van der Waals surface area (Å²) in [7, 11) is 1.58. The second-order valence-electron chi connectivity index (χ2n) is 5.49. The average Bonchev–Trinajstić information content (AvgIpc) is 3.02. The highest BCUT2D eigenvalue weighted by Crippen LogP contribution is 2.27. The third kappa shape index (κ3) is 2.81. The third-order valence-electron chi connectivity index (χ3n) is 3.88. The third-order valence-corrected chi connectivity index (χ3v) is 5.15. The van der Waals surface area contributed by atoms with Gasteiger partial charge in [0, 0.05) is 16.9 Å². The Balaban J connectivity index is 1.79. The Labute approximate surface area is 156 Å². The molecule has 2 heterocycles. The van der Waals surface area contributed by atoms with Gasteiger partial charge in [-0.25, -0.2) is 4.98 Å². The normalized spacial score (nSPS) is 11.0. The molecule has 6 nitrogen and oxygen atoms in total. The van der Waals surface area contributed by atoms with Crippen LogP contribution in [0.25, 0.3) is 15.2 Å². The lowest BCUT2D eigenvalue weighted by Crippen LogP contribution is -2.26. The number of halogens is 1. The molecule has 130 valence electrons.